The molecular formula is C20H26N2O7. The number of hydrogen-bond donors (Lipinski definition) is 2. The third-order valence-corrected chi connectivity index (χ3v) is 5.82. The second-order valence-electron chi connectivity index (χ2n) is 7.58. The summed E-state index contributed by atoms with van der Waals surface area (Å²) < 4.78 is 17.0. The molecule has 3 aliphatic heterocycles. The van der Waals surface area contributed by atoms with Gasteiger partial charge in [0, 0.05) is 19.2 Å². The van der Waals surface area contributed by atoms with Gasteiger partial charge in [-0.15, -0.1) is 0 Å². The number of amides is 2. The molecule has 158 valence electrons. The zero-order chi connectivity index (χ0) is 20.5. The first-order valence-electron chi connectivity index (χ1n) is 10.0. The van der Waals surface area contributed by atoms with Crippen molar-refractivity contribution in [3.05, 3.63) is 17.7 Å². The van der Waals surface area contributed by atoms with E-state index in [4.69, 9.17) is 14.2 Å². The molecule has 0 radical (unpaired) electrons. The lowest BCUT2D eigenvalue weighted by Crippen LogP contribution is -2.57. The molecule has 0 aliphatic carbocycles. The third-order valence-electron chi connectivity index (χ3n) is 5.82. The zero-order valence-electron chi connectivity index (χ0n) is 16.4. The molecule has 2 amide bonds. The minimum Gasteiger partial charge on any atom is -0.504 e. The van der Waals surface area contributed by atoms with Crippen LogP contribution >= 0.6 is 0 Å². The summed E-state index contributed by atoms with van der Waals surface area (Å²) in [6.45, 7) is 1.08. The van der Waals surface area contributed by atoms with Crippen molar-refractivity contribution < 1.29 is 34.0 Å². The molecule has 1 aromatic carbocycles. The van der Waals surface area contributed by atoms with Gasteiger partial charge in [-0.05, 0) is 44.6 Å². The van der Waals surface area contributed by atoms with Gasteiger partial charge in [-0.2, -0.15) is 0 Å². The first-order chi connectivity index (χ1) is 14.0. The smallest absolute Gasteiger partial charge is 0.414 e. The molecule has 9 nitrogen and oxygen atoms in total. The summed E-state index contributed by atoms with van der Waals surface area (Å²) in [5, 5.41) is 20.3. The maximum absolute atomic E-state index is 13.3. The number of rotatable bonds is 3. The molecule has 0 bridgehead atoms. The Labute approximate surface area is 168 Å². The van der Waals surface area contributed by atoms with Crippen molar-refractivity contribution >= 4 is 17.7 Å². The van der Waals surface area contributed by atoms with Gasteiger partial charge in [-0.1, -0.05) is 0 Å². The molecule has 3 aliphatic rings. The Kier molecular flexibility index (Phi) is 5.51. The average molecular weight is 406 g/mol. The molecule has 2 saturated heterocycles. The van der Waals surface area contributed by atoms with Gasteiger partial charge in [0.2, 0.25) is 0 Å². The van der Waals surface area contributed by atoms with Crippen LogP contribution in [-0.2, 0) is 9.47 Å². The maximum atomic E-state index is 13.3. The van der Waals surface area contributed by atoms with Crippen LogP contribution < -0.4 is 9.64 Å². The highest BCUT2D eigenvalue weighted by Crippen LogP contribution is 2.41. The molecule has 1 unspecified atom stereocenters. The average Bonchev–Trinajstić information content (AvgIpc) is 2.82. The monoisotopic (exact) mass is 406 g/mol. The summed E-state index contributed by atoms with van der Waals surface area (Å²) in [7, 11) is 1.38. The quantitative estimate of drug-likeness (QED) is 0.794. The summed E-state index contributed by atoms with van der Waals surface area (Å²) in [4.78, 5) is 28.4. The summed E-state index contributed by atoms with van der Waals surface area (Å²) in [6.07, 6.45) is 2.19. The van der Waals surface area contributed by atoms with E-state index in [0.717, 1.165) is 30.6 Å². The van der Waals surface area contributed by atoms with E-state index in [2.05, 4.69) is 0 Å². The van der Waals surface area contributed by atoms with Crippen molar-refractivity contribution in [2.45, 2.75) is 57.1 Å². The van der Waals surface area contributed by atoms with E-state index in [0.29, 0.717) is 26.0 Å². The molecule has 4 rings (SSSR count). The highest BCUT2D eigenvalue weighted by molar-refractivity contribution is 6.05. The fourth-order valence-corrected chi connectivity index (χ4v) is 4.40. The van der Waals surface area contributed by atoms with Crippen LogP contribution in [0.4, 0.5) is 10.5 Å². The number of phenols is 1. The van der Waals surface area contributed by atoms with Crippen LogP contribution in [0.1, 0.15) is 48.9 Å². The highest BCUT2D eigenvalue weighted by atomic mass is 16.7. The lowest BCUT2D eigenvalue weighted by Gasteiger charge is -2.42. The Bertz CT molecular complexity index is 793. The number of carboxylic acid groups (broad SMARTS) is 1. The Morgan fingerprint density at radius 2 is 2.00 bits per heavy atom. The van der Waals surface area contributed by atoms with Gasteiger partial charge in [-0.25, -0.2) is 9.69 Å². The molecule has 2 N–H and O–H groups in total. The Morgan fingerprint density at radius 3 is 2.69 bits per heavy atom. The Hall–Kier alpha value is -2.52. The van der Waals surface area contributed by atoms with Crippen molar-refractivity contribution in [3.8, 4) is 11.5 Å². The molecule has 1 aromatic rings. The predicted octanol–water partition coefficient (Wildman–Crippen LogP) is 2.76. The van der Waals surface area contributed by atoms with Crippen LogP contribution in [-0.4, -0.2) is 65.9 Å². The number of hydrogen-bond acceptors (Lipinski definition) is 6. The van der Waals surface area contributed by atoms with Crippen LogP contribution in [0.25, 0.3) is 0 Å². The van der Waals surface area contributed by atoms with Gasteiger partial charge in [0.25, 0.3) is 5.91 Å². The lowest BCUT2D eigenvalue weighted by atomic mass is 10.00. The van der Waals surface area contributed by atoms with Gasteiger partial charge >= 0.3 is 6.09 Å². The van der Waals surface area contributed by atoms with Crippen LogP contribution in [0.2, 0.25) is 0 Å². The van der Waals surface area contributed by atoms with E-state index in [-0.39, 0.29) is 28.7 Å². The fourth-order valence-electron chi connectivity index (χ4n) is 4.40. The van der Waals surface area contributed by atoms with Crippen LogP contribution in [0.15, 0.2) is 12.1 Å². The number of phenolic OH excluding ortho intramolecular Hbond substituents is 1. The Morgan fingerprint density at radius 1 is 1.21 bits per heavy atom. The normalized spacial score (nSPS) is 27.1. The molecule has 0 spiro atoms. The van der Waals surface area contributed by atoms with Gasteiger partial charge in [0.15, 0.2) is 24.0 Å². The predicted molar refractivity (Wildman–Crippen MR) is 102 cm³/mol. The summed E-state index contributed by atoms with van der Waals surface area (Å²) in [5.74, 6) is -0.409. The second kappa shape index (κ2) is 8.08. The molecule has 2 fully saturated rings. The number of aromatic hydroxyl groups is 1. The minimum atomic E-state index is -1.25. The lowest BCUT2D eigenvalue weighted by molar-refractivity contribution is -0.198. The second-order valence-corrected chi connectivity index (χ2v) is 7.58. The van der Waals surface area contributed by atoms with Crippen LogP contribution in [0.3, 0.4) is 0 Å². The Balaban J connectivity index is 1.82. The number of nitrogens with zero attached hydrogens (tertiary/aromatic N) is 2. The summed E-state index contributed by atoms with van der Waals surface area (Å²) in [5.41, 5.74) is 0.264. The topological polar surface area (TPSA) is 109 Å². The van der Waals surface area contributed by atoms with Crippen molar-refractivity contribution in [2.75, 3.05) is 25.2 Å². The third kappa shape index (κ3) is 3.60. The summed E-state index contributed by atoms with van der Waals surface area (Å²) in [6, 6.07) is 2.23. The molecule has 0 saturated carbocycles. The number of benzene rings is 1. The number of fused-ring (bicyclic) bond motifs is 2. The number of anilines is 1. The number of carbonyl (C=O) groups is 2. The van der Waals surface area contributed by atoms with E-state index in [9.17, 15) is 19.8 Å². The molecule has 0 aromatic heterocycles. The SMILES string of the molecule is COc1cc2c(cc1O)N(C(=O)O)[C@@H](OC1CCCCO1)[C@@H]1CCCCN1C2=O. The highest BCUT2D eigenvalue weighted by Gasteiger charge is 2.46. The van der Waals surface area contributed by atoms with Gasteiger partial charge in [-0.3, -0.25) is 4.79 Å². The van der Waals surface area contributed by atoms with Gasteiger partial charge in [0.1, 0.15) is 0 Å². The van der Waals surface area contributed by atoms with Crippen LogP contribution in [0.5, 0.6) is 11.5 Å². The van der Waals surface area contributed by atoms with Gasteiger partial charge < -0.3 is 29.3 Å². The molecule has 3 heterocycles. The van der Waals surface area contributed by atoms with Crippen molar-refractivity contribution in [3.63, 3.8) is 0 Å². The van der Waals surface area contributed by atoms with Crippen molar-refractivity contribution in [2.24, 2.45) is 0 Å². The first kappa shape index (κ1) is 19.8. The molecular weight excluding hydrogens is 380 g/mol. The minimum absolute atomic E-state index is 0.0935. The van der Waals surface area contributed by atoms with E-state index in [1.807, 2.05) is 0 Å². The standard InChI is InChI=1S/C20H26N2O7/c1-27-16-10-12-14(11-15(16)23)22(20(25)26)19(29-17-7-3-5-9-28-17)13-6-2-4-8-21(13)18(12)24/h10-11,13,17,19,23H,2-9H2,1H3,(H,25,26)/t13-,17?,19-/m0/s1. The van der Waals surface area contributed by atoms with Crippen LogP contribution in [0, 0.1) is 0 Å². The zero-order valence-corrected chi connectivity index (χ0v) is 16.4. The number of ether oxygens (including phenoxy) is 3. The van der Waals surface area contributed by atoms with E-state index in [1.54, 1.807) is 4.90 Å². The largest absolute Gasteiger partial charge is 0.504 e. The number of piperidine rings is 1. The fraction of sp³-hybridized carbons (Fsp3) is 0.600. The van der Waals surface area contributed by atoms with Crippen molar-refractivity contribution in [1.29, 1.82) is 0 Å². The van der Waals surface area contributed by atoms with Crippen molar-refractivity contribution in [1.82, 2.24) is 4.90 Å². The number of methoxy groups -OCH3 is 1. The molecule has 29 heavy (non-hydrogen) atoms. The van der Waals surface area contributed by atoms with Gasteiger partial charge in [0.05, 0.1) is 24.4 Å². The van der Waals surface area contributed by atoms with E-state index >= 15 is 0 Å². The van der Waals surface area contributed by atoms with E-state index < -0.39 is 24.7 Å². The molecule has 9 heteroatoms. The maximum Gasteiger partial charge on any atom is 0.414 e. The first-order valence-corrected chi connectivity index (χ1v) is 10.0. The number of carbonyl (C=O) groups excluding carboxylic acids is 1. The summed E-state index contributed by atoms with van der Waals surface area (Å²) >= 11 is 0. The molecule has 3 atom stereocenters. The van der Waals surface area contributed by atoms with E-state index in [1.165, 1.54) is 19.2 Å².